The van der Waals surface area contributed by atoms with E-state index in [4.69, 9.17) is 0 Å². The van der Waals surface area contributed by atoms with Gasteiger partial charge < -0.3 is 5.32 Å². The van der Waals surface area contributed by atoms with Crippen LogP contribution in [0.15, 0.2) is 59.1 Å². The molecule has 1 amide bonds. The Labute approximate surface area is 156 Å². The van der Waals surface area contributed by atoms with E-state index >= 15 is 0 Å². The average Bonchev–Trinajstić information content (AvgIpc) is 2.52. The highest BCUT2D eigenvalue weighted by atomic mass is 79.9. The molecule has 0 saturated carbocycles. The Kier molecular flexibility index (Phi) is 6.39. The van der Waals surface area contributed by atoms with E-state index < -0.39 is 10.0 Å². The fraction of sp³-hybridized carbons (Fsp3) is 0.167. The van der Waals surface area contributed by atoms with Crippen molar-refractivity contribution in [3.8, 4) is 0 Å². The standard InChI is InChI=1S/C18H19BrN2O3S/c1-13(15-7-5-8-16(12-15)21-25(2,23)24)20-18(22)11-10-14-6-3-4-9-17(14)19/h3-13,21H,1-2H3,(H,20,22). The van der Waals surface area contributed by atoms with Gasteiger partial charge in [0.25, 0.3) is 0 Å². The largest absolute Gasteiger partial charge is 0.346 e. The van der Waals surface area contributed by atoms with Gasteiger partial charge in [0.2, 0.25) is 15.9 Å². The summed E-state index contributed by atoms with van der Waals surface area (Å²) < 4.78 is 26.0. The predicted octanol–water partition coefficient (Wildman–Crippen LogP) is 3.71. The Morgan fingerprint density at radius 3 is 2.56 bits per heavy atom. The number of anilines is 1. The van der Waals surface area contributed by atoms with Crippen molar-refractivity contribution in [3.63, 3.8) is 0 Å². The molecule has 2 aromatic rings. The number of hydrogen-bond acceptors (Lipinski definition) is 3. The number of hydrogen-bond donors (Lipinski definition) is 2. The molecule has 0 aliphatic rings. The summed E-state index contributed by atoms with van der Waals surface area (Å²) in [5.74, 6) is -0.232. The van der Waals surface area contributed by atoms with Crippen LogP contribution in [0.5, 0.6) is 0 Å². The van der Waals surface area contributed by atoms with E-state index in [1.807, 2.05) is 37.3 Å². The second-order valence-corrected chi connectivity index (χ2v) is 8.19. The molecule has 7 heteroatoms. The molecule has 2 N–H and O–H groups in total. The summed E-state index contributed by atoms with van der Waals surface area (Å²) in [5, 5.41) is 2.86. The summed E-state index contributed by atoms with van der Waals surface area (Å²) in [6.45, 7) is 1.84. The molecule has 0 spiro atoms. The molecule has 0 heterocycles. The summed E-state index contributed by atoms with van der Waals surface area (Å²) in [6, 6.07) is 14.3. The molecular weight excluding hydrogens is 404 g/mol. The lowest BCUT2D eigenvalue weighted by Gasteiger charge is -2.14. The Hall–Kier alpha value is -2.12. The lowest BCUT2D eigenvalue weighted by atomic mass is 10.1. The first-order chi connectivity index (χ1) is 11.7. The number of carbonyl (C=O) groups is 1. The van der Waals surface area contributed by atoms with Crippen molar-refractivity contribution in [1.82, 2.24) is 5.32 Å². The zero-order valence-electron chi connectivity index (χ0n) is 13.9. The van der Waals surface area contributed by atoms with Gasteiger partial charge >= 0.3 is 0 Å². The van der Waals surface area contributed by atoms with Gasteiger partial charge in [0.05, 0.1) is 12.3 Å². The minimum Gasteiger partial charge on any atom is -0.346 e. The second kappa shape index (κ2) is 8.31. The molecular formula is C18H19BrN2O3S. The molecule has 2 aromatic carbocycles. The number of halogens is 1. The van der Waals surface area contributed by atoms with Gasteiger partial charge in [-0.1, -0.05) is 46.3 Å². The number of rotatable bonds is 6. The maximum absolute atomic E-state index is 12.1. The molecule has 0 aliphatic heterocycles. The normalized spacial score (nSPS) is 12.8. The van der Waals surface area contributed by atoms with Crippen LogP contribution in [0.2, 0.25) is 0 Å². The summed E-state index contributed by atoms with van der Waals surface area (Å²) in [5.41, 5.74) is 2.17. The summed E-state index contributed by atoms with van der Waals surface area (Å²) >= 11 is 3.43. The molecule has 0 radical (unpaired) electrons. The number of benzene rings is 2. The van der Waals surface area contributed by atoms with Gasteiger partial charge in [-0.05, 0) is 42.3 Å². The van der Waals surface area contributed by atoms with Gasteiger partial charge in [-0.2, -0.15) is 0 Å². The van der Waals surface area contributed by atoms with Crippen LogP contribution in [0.25, 0.3) is 6.08 Å². The van der Waals surface area contributed by atoms with Crippen LogP contribution < -0.4 is 10.0 Å². The monoisotopic (exact) mass is 422 g/mol. The zero-order chi connectivity index (χ0) is 18.4. The molecule has 1 atom stereocenters. The van der Waals surface area contributed by atoms with Gasteiger partial charge in [-0.25, -0.2) is 8.42 Å². The van der Waals surface area contributed by atoms with E-state index in [1.165, 1.54) is 6.08 Å². The molecule has 0 saturated heterocycles. The smallest absolute Gasteiger partial charge is 0.244 e. The number of amides is 1. The maximum Gasteiger partial charge on any atom is 0.244 e. The molecule has 0 aliphatic carbocycles. The van der Waals surface area contributed by atoms with Crippen LogP contribution in [0, 0.1) is 0 Å². The average molecular weight is 423 g/mol. The lowest BCUT2D eigenvalue weighted by Crippen LogP contribution is -2.24. The first-order valence-corrected chi connectivity index (χ1v) is 10.2. The Morgan fingerprint density at radius 1 is 1.16 bits per heavy atom. The van der Waals surface area contributed by atoms with E-state index in [0.717, 1.165) is 21.9 Å². The first kappa shape index (κ1) is 19.2. The highest BCUT2D eigenvalue weighted by molar-refractivity contribution is 9.10. The van der Waals surface area contributed by atoms with E-state index in [1.54, 1.807) is 24.3 Å². The van der Waals surface area contributed by atoms with Gasteiger partial charge in [-0.15, -0.1) is 0 Å². The van der Waals surface area contributed by atoms with Crippen LogP contribution in [-0.2, 0) is 14.8 Å². The van der Waals surface area contributed by atoms with Crippen molar-refractivity contribution in [1.29, 1.82) is 0 Å². The van der Waals surface area contributed by atoms with Crippen molar-refractivity contribution in [3.05, 3.63) is 70.2 Å². The van der Waals surface area contributed by atoms with Crippen molar-refractivity contribution >= 4 is 43.6 Å². The summed E-state index contributed by atoms with van der Waals surface area (Å²) in [7, 11) is -3.34. The summed E-state index contributed by atoms with van der Waals surface area (Å²) in [6.07, 6.45) is 4.29. The molecule has 2 rings (SSSR count). The van der Waals surface area contributed by atoms with Crippen LogP contribution in [0.3, 0.4) is 0 Å². The van der Waals surface area contributed by atoms with Gasteiger partial charge in [0.15, 0.2) is 0 Å². The van der Waals surface area contributed by atoms with E-state index in [0.29, 0.717) is 5.69 Å². The maximum atomic E-state index is 12.1. The quantitative estimate of drug-likeness (QED) is 0.696. The topological polar surface area (TPSA) is 75.3 Å². The van der Waals surface area contributed by atoms with Gasteiger partial charge in [-0.3, -0.25) is 9.52 Å². The highest BCUT2D eigenvalue weighted by Crippen LogP contribution is 2.19. The Balaban J connectivity index is 2.04. The third-order valence-corrected chi connectivity index (χ3v) is 4.70. The lowest BCUT2D eigenvalue weighted by molar-refractivity contribution is -0.117. The fourth-order valence-corrected chi connectivity index (χ4v) is 3.18. The fourth-order valence-electron chi connectivity index (χ4n) is 2.21. The third kappa shape index (κ3) is 6.36. The Bertz CT molecular complexity index is 895. The molecule has 5 nitrogen and oxygen atoms in total. The van der Waals surface area contributed by atoms with Crippen LogP contribution >= 0.6 is 15.9 Å². The third-order valence-electron chi connectivity index (χ3n) is 3.37. The Morgan fingerprint density at radius 2 is 1.88 bits per heavy atom. The molecule has 25 heavy (non-hydrogen) atoms. The van der Waals surface area contributed by atoms with E-state index in [9.17, 15) is 13.2 Å². The number of sulfonamides is 1. The highest BCUT2D eigenvalue weighted by Gasteiger charge is 2.09. The van der Waals surface area contributed by atoms with Crippen molar-refractivity contribution in [2.75, 3.05) is 11.0 Å². The van der Waals surface area contributed by atoms with Crippen molar-refractivity contribution < 1.29 is 13.2 Å². The molecule has 0 bridgehead atoms. The minimum atomic E-state index is -3.34. The van der Waals surface area contributed by atoms with Crippen LogP contribution in [-0.4, -0.2) is 20.6 Å². The molecule has 1 unspecified atom stereocenters. The summed E-state index contributed by atoms with van der Waals surface area (Å²) in [4.78, 5) is 12.1. The SMILES string of the molecule is CC(NC(=O)C=Cc1ccccc1Br)c1cccc(NS(C)(=O)=O)c1. The second-order valence-electron chi connectivity index (χ2n) is 5.58. The van der Waals surface area contributed by atoms with E-state index in [2.05, 4.69) is 26.0 Å². The number of carbonyl (C=O) groups excluding carboxylic acids is 1. The zero-order valence-corrected chi connectivity index (χ0v) is 16.3. The first-order valence-electron chi connectivity index (χ1n) is 7.55. The minimum absolute atomic E-state index is 0.232. The van der Waals surface area contributed by atoms with Gasteiger partial charge in [0, 0.05) is 16.2 Å². The number of nitrogens with one attached hydrogen (secondary N) is 2. The van der Waals surface area contributed by atoms with Crippen LogP contribution in [0.1, 0.15) is 24.1 Å². The van der Waals surface area contributed by atoms with Gasteiger partial charge in [0.1, 0.15) is 0 Å². The molecule has 0 aromatic heterocycles. The molecule has 132 valence electrons. The molecule has 0 fully saturated rings. The van der Waals surface area contributed by atoms with E-state index in [-0.39, 0.29) is 11.9 Å². The predicted molar refractivity (Wildman–Crippen MR) is 105 cm³/mol. The van der Waals surface area contributed by atoms with Crippen LogP contribution in [0.4, 0.5) is 5.69 Å². The van der Waals surface area contributed by atoms with Crippen molar-refractivity contribution in [2.45, 2.75) is 13.0 Å². The van der Waals surface area contributed by atoms with Crippen molar-refractivity contribution in [2.24, 2.45) is 0 Å².